The van der Waals surface area contributed by atoms with Crippen molar-refractivity contribution in [2.75, 3.05) is 19.0 Å². The number of aromatic hydroxyl groups is 1. The van der Waals surface area contributed by atoms with Gasteiger partial charge in [-0.2, -0.15) is 0 Å². The highest BCUT2D eigenvalue weighted by atomic mass is 35.5. The lowest BCUT2D eigenvalue weighted by atomic mass is 10.1. The Kier molecular flexibility index (Phi) is 6.46. The standard InChI is InChI=1S/C18H21ClN2O3/c1-12(13-4-3-5-15(22)10-13)20-9-8-18(23)21-16-11-14(19)6-7-17(16)24-2/h3-7,10-12,20,22H,8-9H2,1-2H3,(H,21,23). The Bertz CT molecular complexity index is 706. The molecule has 0 heterocycles. The summed E-state index contributed by atoms with van der Waals surface area (Å²) in [6, 6.07) is 12.1. The average molecular weight is 349 g/mol. The van der Waals surface area contributed by atoms with Crippen molar-refractivity contribution in [2.45, 2.75) is 19.4 Å². The average Bonchev–Trinajstić information content (AvgIpc) is 2.55. The van der Waals surface area contributed by atoms with Crippen LogP contribution < -0.4 is 15.4 Å². The van der Waals surface area contributed by atoms with Gasteiger partial charge < -0.3 is 20.5 Å². The molecule has 6 heteroatoms. The van der Waals surface area contributed by atoms with Gasteiger partial charge in [0.1, 0.15) is 11.5 Å². The van der Waals surface area contributed by atoms with Gasteiger partial charge in [-0.05, 0) is 42.8 Å². The molecule has 1 unspecified atom stereocenters. The van der Waals surface area contributed by atoms with Crippen LogP contribution in [0.5, 0.6) is 11.5 Å². The van der Waals surface area contributed by atoms with Gasteiger partial charge in [-0.3, -0.25) is 4.79 Å². The molecular weight excluding hydrogens is 328 g/mol. The minimum atomic E-state index is -0.133. The molecule has 0 saturated heterocycles. The lowest BCUT2D eigenvalue weighted by Crippen LogP contribution is -2.24. The third-order valence-electron chi connectivity index (χ3n) is 3.61. The van der Waals surface area contributed by atoms with Gasteiger partial charge in [-0.1, -0.05) is 23.7 Å². The summed E-state index contributed by atoms with van der Waals surface area (Å²) in [4.78, 5) is 12.1. The van der Waals surface area contributed by atoms with E-state index in [0.29, 0.717) is 29.4 Å². The third-order valence-corrected chi connectivity index (χ3v) is 3.84. The Labute approximate surface area is 146 Å². The summed E-state index contributed by atoms with van der Waals surface area (Å²) in [5.74, 6) is 0.659. The number of halogens is 1. The van der Waals surface area contributed by atoms with E-state index in [4.69, 9.17) is 16.3 Å². The van der Waals surface area contributed by atoms with E-state index in [2.05, 4.69) is 10.6 Å². The smallest absolute Gasteiger partial charge is 0.225 e. The minimum Gasteiger partial charge on any atom is -0.508 e. The zero-order valence-electron chi connectivity index (χ0n) is 13.7. The van der Waals surface area contributed by atoms with Crippen molar-refractivity contribution >= 4 is 23.2 Å². The van der Waals surface area contributed by atoms with Crippen LogP contribution in [0.2, 0.25) is 5.02 Å². The molecule has 1 atom stereocenters. The normalized spacial score (nSPS) is 11.8. The Morgan fingerprint density at radius 3 is 2.79 bits per heavy atom. The number of anilines is 1. The van der Waals surface area contributed by atoms with Gasteiger partial charge in [0.15, 0.2) is 0 Å². The Morgan fingerprint density at radius 1 is 1.29 bits per heavy atom. The van der Waals surface area contributed by atoms with Crippen molar-refractivity contribution in [3.8, 4) is 11.5 Å². The highest BCUT2D eigenvalue weighted by Crippen LogP contribution is 2.27. The number of hydrogen-bond acceptors (Lipinski definition) is 4. The zero-order chi connectivity index (χ0) is 17.5. The summed E-state index contributed by atoms with van der Waals surface area (Å²) in [5.41, 5.74) is 1.52. The molecule has 2 aromatic rings. The molecule has 0 aliphatic heterocycles. The molecule has 24 heavy (non-hydrogen) atoms. The fourth-order valence-corrected chi connectivity index (χ4v) is 2.48. The van der Waals surface area contributed by atoms with Crippen molar-refractivity contribution in [3.05, 3.63) is 53.1 Å². The topological polar surface area (TPSA) is 70.6 Å². The highest BCUT2D eigenvalue weighted by molar-refractivity contribution is 6.31. The molecule has 3 N–H and O–H groups in total. The van der Waals surface area contributed by atoms with Gasteiger partial charge >= 0.3 is 0 Å². The molecule has 0 saturated carbocycles. The van der Waals surface area contributed by atoms with E-state index in [1.54, 1.807) is 36.4 Å². The number of hydrogen-bond donors (Lipinski definition) is 3. The number of methoxy groups -OCH3 is 1. The summed E-state index contributed by atoms with van der Waals surface area (Å²) in [5, 5.41) is 16.1. The van der Waals surface area contributed by atoms with Crippen molar-refractivity contribution in [2.24, 2.45) is 0 Å². The van der Waals surface area contributed by atoms with Crippen LogP contribution in [0.15, 0.2) is 42.5 Å². The molecule has 2 aromatic carbocycles. The van der Waals surface area contributed by atoms with Crippen LogP contribution in [0.4, 0.5) is 5.69 Å². The zero-order valence-corrected chi connectivity index (χ0v) is 14.4. The maximum Gasteiger partial charge on any atom is 0.225 e. The first-order chi connectivity index (χ1) is 11.5. The Hall–Kier alpha value is -2.24. The highest BCUT2D eigenvalue weighted by Gasteiger charge is 2.10. The third kappa shape index (κ3) is 5.15. The number of phenolic OH excluding ortho intramolecular Hbond substituents is 1. The monoisotopic (exact) mass is 348 g/mol. The first-order valence-electron chi connectivity index (χ1n) is 7.65. The van der Waals surface area contributed by atoms with E-state index in [1.807, 2.05) is 13.0 Å². The Balaban J connectivity index is 1.84. The van der Waals surface area contributed by atoms with E-state index < -0.39 is 0 Å². The van der Waals surface area contributed by atoms with Crippen LogP contribution >= 0.6 is 11.6 Å². The summed E-state index contributed by atoms with van der Waals surface area (Å²) < 4.78 is 5.20. The second kappa shape index (κ2) is 8.57. The fourth-order valence-electron chi connectivity index (χ4n) is 2.30. The maximum absolute atomic E-state index is 12.1. The van der Waals surface area contributed by atoms with Crippen LogP contribution in [0, 0.1) is 0 Å². The molecule has 5 nitrogen and oxygen atoms in total. The van der Waals surface area contributed by atoms with E-state index in [0.717, 1.165) is 5.56 Å². The van der Waals surface area contributed by atoms with Crippen molar-refractivity contribution in [3.63, 3.8) is 0 Å². The van der Waals surface area contributed by atoms with E-state index in [1.165, 1.54) is 7.11 Å². The number of carbonyl (C=O) groups excluding carboxylic acids is 1. The van der Waals surface area contributed by atoms with Crippen LogP contribution in [-0.2, 0) is 4.79 Å². The number of carbonyl (C=O) groups is 1. The fraction of sp³-hybridized carbons (Fsp3) is 0.278. The number of rotatable bonds is 7. The number of benzene rings is 2. The summed E-state index contributed by atoms with van der Waals surface area (Å²) in [6.07, 6.45) is 0.304. The molecule has 0 aliphatic rings. The molecule has 2 rings (SSSR count). The van der Waals surface area contributed by atoms with Gasteiger partial charge in [0, 0.05) is 24.0 Å². The maximum atomic E-state index is 12.1. The summed E-state index contributed by atoms with van der Waals surface area (Å²) in [7, 11) is 1.54. The van der Waals surface area contributed by atoms with Crippen LogP contribution in [0.3, 0.4) is 0 Å². The second-order valence-corrected chi connectivity index (χ2v) is 5.85. The SMILES string of the molecule is COc1ccc(Cl)cc1NC(=O)CCNC(C)c1cccc(O)c1. The van der Waals surface area contributed by atoms with E-state index in [-0.39, 0.29) is 17.7 Å². The first kappa shape index (κ1) is 18.1. The lowest BCUT2D eigenvalue weighted by Gasteiger charge is -2.15. The predicted octanol–water partition coefficient (Wildman–Crippen LogP) is 3.73. The number of phenols is 1. The molecule has 0 aliphatic carbocycles. The molecule has 128 valence electrons. The molecule has 0 fully saturated rings. The predicted molar refractivity (Wildman–Crippen MR) is 95.8 cm³/mol. The van der Waals surface area contributed by atoms with Crippen LogP contribution in [0.1, 0.15) is 24.9 Å². The second-order valence-electron chi connectivity index (χ2n) is 5.41. The molecule has 0 spiro atoms. The van der Waals surface area contributed by atoms with Crippen molar-refractivity contribution in [1.29, 1.82) is 0 Å². The van der Waals surface area contributed by atoms with Gasteiger partial charge in [0.25, 0.3) is 0 Å². The quantitative estimate of drug-likeness (QED) is 0.713. The van der Waals surface area contributed by atoms with E-state index >= 15 is 0 Å². The summed E-state index contributed by atoms with van der Waals surface area (Å²) >= 11 is 5.94. The molecule has 0 radical (unpaired) electrons. The summed E-state index contributed by atoms with van der Waals surface area (Å²) in [6.45, 7) is 2.48. The molecule has 1 amide bonds. The van der Waals surface area contributed by atoms with Gasteiger partial charge in [-0.15, -0.1) is 0 Å². The number of ether oxygens (including phenoxy) is 1. The van der Waals surface area contributed by atoms with E-state index in [9.17, 15) is 9.90 Å². The first-order valence-corrected chi connectivity index (χ1v) is 8.03. The largest absolute Gasteiger partial charge is 0.508 e. The molecule has 0 aromatic heterocycles. The van der Waals surface area contributed by atoms with Gasteiger partial charge in [0.2, 0.25) is 5.91 Å². The Morgan fingerprint density at radius 2 is 2.08 bits per heavy atom. The lowest BCUT2D eigenvalue weighted by molar-refractivity contribution is -0.116. The van der Waals surface area contributed by atoms with Gasteiger partial charge in [0.05, 0.1) is 12.8 Å². The molecule has 0 bridgehead atoms. The minimum absolute atomic E-state index is 0.0330. The van der Waals surface area contributed by atoms with Crippen molar-refractivity contribution < 1.29 is 14.6 Å². The number of amides is 1. The van der Waals surface area contributed by atoms with Crippen LogP contribution in [0.25, 0.3) is 0 Å². The number of nitrogens with one attached hydrogen (secondary N) is 2. The van der Waals surface area contributed by atoms with Crippen LogP contribution in [-0.4, -0.2) is 24.7 Å². The molecular formula is C18H21ClN2O3. The van der Waals surface area contributed by atoms with Crippen molar-refractivity contribution in [1.82, 2.24) is 5.32 Å². The van der Waals surface area contributed by atoms with Gasteiger partial charge in [-0.25, -0.2) is 0 Å².